The first-order valence-electron chi connectivity index (χ1n) is 7.59. The molecule has 1 saturated heterocycles. The van der Waals surface area contributed by atoms with E-state index in [1.54, 1.807) is 0 Å². The zero-order valence-corrected chi connectivity index (χ0v) is 12.4. The fourth-order valence-electron chi connectivity index (χ4n) is 3.36. The number of rotatable bonds is 3. The van der Waals surface area contributed by atoms with Gasteiger partial charge in [-0.3, -0.25) is 0 Å². The van der Waals surface area contributed by atoms with Gasteiger partial charge in [0.2, 0.25) is 6.29 Å². The molecule has 8 nitrogen and oxygen atoms in total. The molecule has 0 amide bonds. The van der Waals surface area contributed by atoms with Crippen molar-refractivity contribution in [2.75, 3.05) is 6.61 Å². The van der Waals surface area contributed by atoms with Gasteiger partial charge in [-0.25, -0.2) is 0 Å². The minimum Gasteiger partial charge on any atom is -0.472 e. The maximum atomic E-state index is 10.0. The van der Waals surface area contributed by atoms with Crippen molar-refractivity contribution in [3.05, 3.63) is 24.5 Å². The SMILES string of the molecule is C=C1[C@H]2[C@H](O[C@@H]3O[C@@H](CO)[C@H](O)[C@@H](O)[C@@H]3O)OC=C[C@@H]2C[C@@H]1O. The standard InChI is InChI=1S/C15H22O8/c1-6-8(17)4-7-2-3-21-14(10(6)7)23-15-13(20)12(19)11(18)9(5-16)22-15/h2-3,7-20H,1,4-5H2/t7-,8+,9+,10-,11+,12-,13+,14+,15+/m1/s1. The predicted molar refractivity (Wildman–Crippen MR) is 75.6 cm³/mol. The summed E-state index contributed by atoms with van der Waals surface area (Å²) in [5, 5.41) is 48.7. The fraction of sp³-hybridized carbons (Fsp3) is 0.733. The summed E-state index contributed by atoms with van der Waals surface area (Å²) >= 11 is 0. The van der Waals surface area contributed by atoms with Crippen molar-refractivity contribution in [1.29, 1.82) is 0 Å². The van der Waals surface area contributed by atoms with Gasteiger partial charge in [0.05, 0.1) is 24.9 Å². The molecule has 1 aliphatic carbocycles. The van der Waals surface area contributed by atoms with Crippen molar-refractivity contribution in [2.24, 2.45) is 11.8 Å². The monoisotopic (exact) mass is 330 g/mol. The van der Waals surface area contributed by atoms with Gasteiger partial charge in [0.15, 0.2) is 6.29 Å². The van der Waals surface area contributed by atoms with Crippen molar-refractivity contribution in [3.8, 4) is 0 Å². The van der Waals surface area contributed by atoms with Crippen LogP contribution < -0.4 is 0 Å². The predicted octanol–water partition coefficient (Wildman–Crippen LogP) is -1.77. The van der Waals surface area contributed by atoms with E-state index in [9.17, 15) is 25.5 Å². The lowest BCUT2D eigenvalue weighted by Crippen LogP contribution is -2.60. The van der Waals surface area contributed by atoms with Crippen LogP contribution in [0.5, 0.6) is 0 Å². The van der Waals surface area contributed by atoms with Crippen LogP contribution >= 0.6 is 0 Å². The molecule has 0 bridgehead atoms. The molecule has 2 heterocycles. The summed E-state index contributed by atoms with van der Waals surface area (Å²) in [5.74, 6) is -0.302. The summed E-state index contributed by atoms with van der Waals surface area (Å²) in [6.07, 6.45) is -4.51. The molecule has 0 unspecified atom stereocenters. The van der Waals surface area contributed by atoms with Crippen LogP contribution in [-0.4, -0.2) is 75.2 Å². The number of allylic oxidation sites excluding steroid dienone is 1. The van der Waals surface area contributed by atoms with Crippen LogP contribution in [0.3, 0.4) is 0 Å². The molecule has 1 saturated carbocycles. The first-order chi connectivity index (χ1) is 10.9. The van der Waals surface area contributed by atoms with E-state index in [2.05, 4.69) is 6.58 Å². The largest absolute Gasteiger partial charge is 0.472 e. The van der Waals surface area contributed by atoms with Crippen molar-refractivity contribution < 1.29 is 39.7 Å². The second-order valence-corrected chi connectivity index (χ2v) is 6.18. The second kappa shape index (κ2) is 6.48. The van der Waals surface area contributed by atoms with Gasteiger partial charge in [-0.1, -0.05) is 6.58 Å². The van der Waals surface area contributed by atoms with Gasteiger partial charge >= 0.3 is 0 Å². The third kappa shape index (κ3) is 2.91. The summed E-state index contributed by atoms with van der Waals surface area (Å²) in [6, 6.07) is 0. The molecule has 0 aromatic heterocycles. The Balaban J connectivity index is 1.73. The molecule has 3 rings (SSSR count). The fourth-order valence-corrected chi connectivity index (χ4v) is 3.36. The molecule has 5 N–H and O–H groups in total. The number of hydrogen-bond acceptors (Lipinski definition) is 8. The van der Waals surface area contributed by atoms with Gasteiger partial charge in [0.1, 0.15) is 24.4 Å². The van der Waals surface area contributed by atoms with Gasteiger partial charge in [0.25, 0.3) is 0 Å². The van der Waals surface area contributed by atoms with Crippen LogP contribution in [0, 0.1) is 11.8 Å². The van der Waals surface area contributed by atoms with Gasteiger partial charge in [-0.05, 0) is 24.0 Å². The molecule has 3 aliphatic rings. The van der Waals surface area contributed by atoms with Crippen LogP contribution in [0.2, 0.25) is 0 Å². The Hall–Kier alpha value is -1.00. The molecule has 9 atom stereocenters. The molecule has 0 radical (unpaired) electrons. The first-order valence-corrected chi connectivity index (χ1v) is 7.59. The van der Waals surface area contributed by atoms with Gasteiger partial charge in [-0.15, -0.1) is 0 Å². The van der Waals surface area contributed by atoms with Crippen molar-refractivity contribution in [1.82, 2.24) is 0 Å². The lowest BCUT2D eigenvalue weighted by atomic mass is 9.91. The maximum absolute atomic E-state index is 10.0. The van der Waals surface area contributed by atoms with Crippen LogP contribution in [-0.2, 0) is 14.2 Å². The molecule has 23 heavy (non-hydrogen) atoms. The topological polar surface area (TPSA) is 129 Å². The lowest BCUT2D eigenvalue weighted by Gasteiger charge is -2.42. The Morgan fingerprint density at radius 1 is 1.13 bits per heavy atom. The number of fused-ring (bicyclic) bond motifs is 1. The highest BCUT2D eigenvalue weighted by Gasteiger charge is 2.49. The van der Waals surface area contributed by atoms with Crippen LogP contribution in [0.1, 0.15) is 6.42 Å². The molecule has 0 aromatic rings. The van der Waals surface area contributed by atoms with Gasteiger partial charge in [-0.2, -0.15) is 0 Å². The van der Waals surface area contributed by atoms with E-state index in [0.29, 0.717) is 12.0 Å². The molecular formula is C15H22O8. The van der Waals surface area contributed by atoms with Gasteiger partial charge < -0.3 is 39.7 Å². The van der Waals surface area contributed by atoms with E-state index < -0.39 is 49.7 Å². The Morgan fingerprint density at radius 2 is 1.87 bits per heavy atom. The van der Waals surface area contributed by atoms with E-state index >= 15 is 0 Å². The average Bonchev–Trinajstić information content (AvgIpc) is 2.83. The second-order valence-electron chi connectivity index (χ2n) is 6.18. The van der Waals surface area contributed by atoms with E-state index in [0.717, 1.165) is 0 Å². The summed E-state index contributed by atoms with van der Waals surface area (Å²) in [6.45, 7) is 3.33. The Labute approximate surface area is 133 Å². The number of hydrogen-bond donors (Lipinski definition) is 5. The molecular weight excluding hydrogens is 308 g/mol. The zero-order valence-electron chi connectivity index (χ0n) is 12.4. The van der Waals surface area contributed by atoms with Crippen molar-refractivity contribution >= 4 is 0 Å². The van der Waals surface area contributed by atoms with Crippen LogP contribution in [0.4, 0.5) is 0 Å². The highest BCUT2D eigenvalue weighted by atomic mass is 16.8. The van der Waals surface area contributed by atoms with E-state index in [4.69, 9.17) is 14.2 Å². The number of aliphatic hydroxyl groups excluding tert-OH is 5. The minimum absolute atomic E-state index is 0.00105. The van der Waals surface area contributed by atoms with Crippen molar-refractivity contribution in [3.63, 3.8) is 0 Å². The van der Waals surface area contributed by atoms with Crippen LogP contribution in [0.25, 0.3) is 0 Å². The summed E-state index contributed by atoms with van der Waals surface area (Å²) in [4.78, 5) is 0. The molecule has 2 aliphatic heterocycles. The zero-order chi connectivity index (χ0) is 16.7. The third-order valence-corrected chi connectivity index (χ3v) is 4.76. The van der Waals surface area contributed by atoms with E-state index in [-0.39, 0.29) is 11.8 Å². The molecule has 0 spiro atoms. The Morgan fingerprint density at radius 3 is 2.57 bits per heavy atom. The summed E-state index contributed by atoms with van der Waals surface area (Å²) in [7, 11) is 0. The smallest absolute Gasteiger partial charge is 0.208 e. The molecule has 0 aromatic carbocycles. The number of ether oxygens (including phenoxy) is 3. The minimum atomic E-state index is -1.52. The highest BCUT2D eigenvalue weighted by molar-refractivity contribution is 5.21. The Kier molecular flexibility index (Phi) is 4.75. The summed E-state index contributed by atoms with van der Waals surface area (Å²) < 4.78 is 16.4. The molecule has 2 fully saturated rings. The summed E-state index contributed by atoms with van der Waals surface area (Å²) in [5.41, 5.74) is 0.578. The average molecular weight is 330 g/mol. The Bertz CT molecular complexity index is 478. The normalized spacial score (nSPS) is 49.8. The van der Waals surface area contributed by atoms with Crippen LogP contribution in [0.15, 0.2) is 24.5 Å². The molecule has 8 heteroatoms. The van der Waals surface area contributed by atoms with E-state index in [1.165, 1.54) is 6.26 Å². The third-order valence-electron chi connectivity index (χ3n) is 4.76. The van der Waals surface area contributed by atoms with Gasteiger partial charge in [0, 0.05) is 0 Å². The van der Waals surface area contributed by atoms with E-state index in [1.807, 2.05) is 6.08 Å². The van der Waals surface area contributed by atoms with Crippen molar-refractivity contribution in [2.45, 2.75) is 49.5 Å². The number of aliphatic hydroxyl groups is 5. The maximum Gasteiger partial charge on any atom is 0.208 e. The molecule has 130 valence electrons. The first kappa shape index (κ1) is 16.8. The lowest BCUT2D eigenvalue weighted by molar-refractivity contribution is -0.339. The quantitative estimate of drug-likeness (QED) is 0.384. The highest BCUT2D eigenvalue weighted by Crippen LogP contribution is 2.43.